The zero-order valence-corrected chi connectivity index (χ0v) is 11.7. The number of hydrogen-bond donors (Lipinski definition) is 1. The second-order valence-electron chi connectivity index (χ2n) is 4.71. The van der Waals surface area contributed by atoms with E-state index in [0.717, 1.165) is 19.4 Å². The molecule has 1 N–H and O–H groups in total. The van der Waals surface area contributed by atoms with Gasteiger partial charge in [-0.3, -0.25) is 0 Å². The molecular formula is C13H20N2O2S. The number of likely N-dealkylation sites (tertiary alicyclic amines) is 1. The van der Waals surface area contributed by atoms with Crippen molar-refractivity contribution in [3.63, 3.8) is 0 Å². The molecule has 1 aliphatic rings. The first kappa shape index (κ1) is 13.4. The summed E-state index contributed by atoms with van der Waals surface area (Å²) in [7, 11) is 1.65. The predicted octanol–water partition coefficient (Wildman–Crippen LogP) is 2.63. The first-order valence-electron chi connectivity index (χ1n) is 6.30. The molecule has 0 aliphatic carbocycles. The van der Waals surface area contributed by atoms with E-state index in [4.69, 9.17) is 4.74 Å². The number of hydrogen-bond acceptors (Lipinski definition) is 3. The van der Waals surface area contributed by atoms with Gasteiger partial charge in [-0.15, -0.1) is 0 Å². The van der Waals surface area contributed by atoms with Gasteiger partial charge < -0.3 is 15.0 Å². The quantitative estimate of drug-likeness (QED) is 0.912. The van der Waals surface area contributed by atoms with E-state index in [1.807, 2.05) is 11.8 Å². The van der Waals surface area contributed by atoms with Gasteiger partial charge in [0.05, 0.1) is 18.7 Å². The molecule has 0 spiro atoms. The summed E-state index contributed by atoms with van der Waals surface area (Å²) in [5.41, 5.74) is 1.26. The second kappa shape index (κ2) is 6.20. The van der Waals surface area contributed by atoms with Crippen molar-refractivity contribution >= 4 is 17.4 Å². The minimum Gasteiger partial charge on any atom is -0.383 e. The summed E-state index contributed by atoms with van der Waals surface area (Å²) in [4.78, 5) is 14.1. The lowest BCUT2D eigenvalue weighted by Gasteiger charge is -2.26. The standard InChI is InChI=1S/C13H20N2O2S/c1-10(8-17-2)14-13(16)15-6-3-4-12(15)11-5-7-18-9-11/h5,7,9-10,12H,3-4,6,8H2,1-2H3,(H,14,16)/t10-,12-/m0/s1. The zero-order chi connectivity index (χ0) is 13.0. The van der Waals surface area contributed by atoms with Gasteiger partial charge in [-0.2, -0.15) is 11.3 Å². The summed E-state index contributed by atoms with van der Waals surface area (Å²) < 4.78 is 5.03. The second-order valence-corrected chi connectivity index (χ2v) is 5.49. The van der Waals surface area contributed by atoms with Crippen LogP contribution in [0.2, 0.25) is 0 Å². The minimum atomic E-state index is 0.0215. The largest absolute Gasteiger partial charge is 0.383 e. The Morgan fingerprint density at radius 2 is 2.56 bits per heavy atom. The van der Waals surface area contributed by atoms with Gasteiger partial charge >= 0.3 is 6.03 Å². The van der Waals surface area contributed by atoms with Crippen LogP contribution in [0.1, 0.15) is 31.4 Å². The van der Waals surface area contributed by atoms with E-state index >= 15 is 0 Å². The highest BCUT2D eigenvalue weighted by Crippen LogP contribution is 2.32. The summed E-state index contributed by atoms with van der Waals surface area (Å²) in [6.45, 7) is 3.34. The molecular weight excluding hydrogens is 248 g/mol. The Morgan fingerprint density at radius 3 is 3.22 bits per heavy atom. The van der Waals surface area contributed by atoms with Crippen molar-refractivity contribution in [1.82, 2.24) is 10.2 Å². The average molecular weight is 268 g/mol. The highest BCUT2D eigenvalue weighted by molar-refractivity contribution is 7.07. The first-order chi connectivity index (χ1) is 8.72. The van der Waals surface area contributed by atoms with Crippen LogP contribution >= 0.6 is 11.3 Å². The molecule has 0 bridgehead atoms. The fourth-order valence-corrected chi connectivity index (χ4v) is 3.11. The highest BCUT2D eigenvalue weighted by atomic mass is 32.1. The molecule has 2 amide bonds. The Labute approximate surface area is 112 Å². The molecule has 4 nitrogen and oxygen atoms in total. The Bertz CT molecular complexity index is 380. The number of rotatable bonds is 4. The van der Waals surface area contributed by atoms with Crippen LogP contribution in [0, 0.1) is 0 Å². The van der Waals surface area contributed by atoms with Crippen molar-refractivity contribution in [3.05, 3.63) is 22.4 Å². The van der Waals surface area contributed by atoms with Crippen LogP contribution in [0.15, 0.2) is 16.8 Å². The third-order valence-electron chi connectivity index (χ3n) is 3.23. The number of urea groups is 1. The number of amides is 2. The molecule has 1 saturated heterocycles. The molecule has 2 atom stereocenters. The Balaban J connectivity index is 1.97. The molecule has 100 valence electrons. The van der Waals surface area contributed by atoms with Gasteiger partial charge in [-0.05, 0) is 42.2 Å². The van der Waals surface area contributed by atoms with Crippen molar-refractivity contribution < 1.29 is 9.53 Å². The lowest BCUT2D eigenvalue weighted by molar-refractivity contribution is 0.157. The molecule has 18 heavy (non-hydrogen) atoms. The summed E-state index contributed by atoms with van der Waals surface area (Å²) in [5.74, 6) is 0. The number of carbonyl (C=O) groups is 1. The van der Waals surface area contributed by atoms with E-state index < -0.39 is 0 Å². The van der Waals surface area contributed by atoms with Crippen LogP contribution in [0.3, 0.4) is 0 Å². The number of methoxy groups -OCH3 is 1. The first-order valence-corrected chi connectivity index (χ1v) is 7.25. The third kappa shape index (κ3) is 3.03. The topological polar surface area (TPSA) is 41.6 Å². The van der Waals surface area contributed by atoms with E-state index in [0.29, 0.717) is 6.61 Å². The Morgan fingerprint density at radius 1 is 1.72 bits per heavy atom. The number of thiophene rings is 1. The zero-order valence-electron chi connectivity index (χ0n) is 10.9. The summed E-state index contributed by atoms with van der Waals surface area (Å²) in [6.07, 6.45) is 2.13. The molecule has 1 aliphatic heterocycles. The fourth-order valence-electron chi connectivity index (χ4n) is 2.41. The lowest BCUT2D eigenvalue weighted by Crippen LogP contribution is -2.44. The number of ether oxygens (including phenoxy) is 1. The number of carbonyl (C=O) groups excluding carboxylic acids is 1. The fraction of sp³-hybridized carbons (Fsp3) is 0.615. The molecule has 0 unspecified atom stereocenters. The van der Waals surface area contributed by atoms with E-state index in [1.165, 1.54) is 5.56 Å². The van der Waals surface area contributed by atoms with Gasteiger partial charge in [0, 0.05) is 13.7 Å². The van der Waals surface area contributed by atoms with Gasteiger partial charge in [0.15, 0.2) is 0 Å². The predicted molar refractivity (Wildman–Crippen MR) is 72.9 cm³/mol. The maximum atomic E-state index is 12.2. The van der Waals surface area contributed by atoms with Gasteiger partial charge in [-0.25, -0.2) is 4.79 Å². The van der Waals surface area contributed by atoms with Crippen molar-refractivity contribution in [2.45, 2.75) is 31.8 Å². The van der Waals surface area contributed by atoms with Crippen LogP contribution in [0.25, 0.3) is 0 Å². The molecule has 0 saturated carbocycles. The molecule has 2 rings (SSSR count). The van der Waals surface area contributed by atoms with Gasteiger partial charge in [0.1, 0.15) is 0 Å². The van der Waals surface area contributed by atoms with E-state index in [9.17, 15) is 4.79 Å². The van der Waals surface area contributed by atoms with Gasteiger partial charge in [-0.1, -0.05) is 0 Å². The molecule has 5 heteroatoms. The van der Waals surface area contributed by atoms with E-state index in [1.54, 1.807) is 18.4 Å². The normalized spacial score (nSPS) is 21.0. The van der Waals surface area contributed by atoms with Crippen molar-refractivity contribution in [3.8, 4) is 0 Å². The van der Waals surface area contributed by atoms with Gasteiger partial charge in [0.25, 0.3) is 0 Å². The SMILES string of the molecule is COC[C@H](C)NC(=O)N1CCC[C@H]1c1ccsc1. The van der Waals surface area contributed by atoms with Crippen molar-refractivity contribution in [2.75, 3.05) is 20.3 Å². The van der Waals surface area contributed by atoms with Crippen molar-refractivity contribution in [2.24, 2.45) is 0 Å². The Kier molecular flexibility index (Phi) is 4.60. The molecule has 1 aromatic heterocycles. The molecule has 0 aromatic carbocycles. The molecule has 0 radical (unpaired) electrons. The maximum absolute atomic E-state index is 12.2. The van der Waals surface area contributed by atoms with Crippen LogP contribution in [-0.4, -0.2) is 37.2 Å². The van der Waals surface area contributed by atoms with Crippen LogP contribution < -0.4 is 5.32 Å². The summed E-state index contributed by atoms with van der Waals surface area (Å²) in [5, 5.41) is 7.18. The van der Waals surface area contributed by atoms with Crippen LogP contribution in [0.4, 0.5) is 4.79 Å². The van der Waals surface area contributed by atoms with Crippen LogP contribution in [0.5, 0.6) is 0 Å². The monoisotopic (exact) mass is 268 g/mol. The molecule has 1 fully saturated rings. The molecule has 2 heterocycles. The number of nitrogens with one attached hydrogen (secondary N) is 1. The highest BCUT2D eigenvalue weighted by Gasteiger charge is 2.30. The maximum Gasteiger partial charge on any atom is 0.318 e. The number of nitrogens with zero attached hydrogens (tertiary/aromatic N) is 1. The average Bonchev–Trinajstić information content (AvgIpc) is 3.00. The smallest absolute Gasteiger partial charge is 0.318 e. The van der Waals surface area contributed by atoms with E-state index in [-0.39, 0.29) is 18.1 Å². The minimum absolute atomic E-state index is 0.0215. The van der Waals surface area contributed by atoms with Crippen molar-refractivity contribution in [1.29, 1.82) is 0 Å². The van der Waals surface area contributed by atoms with E-state index in [2.05, 4.69) is 22.1 Å². The van der Waals surface area contributed by atoms with Crippen LogP contribution in [-0.2, 0) is 4.74 Å². The summed E-state index contributed by atoms with van der Waals surface area (Å²) >= 11 is 1.68. The third-order valence-corrected chi connectivity index (χ3v) is 3.93. The Hall–Kier alpha value is -1.07. The van der Waals surface area contributed by atoms with Gasteiger partial charge in [0.2, 0.25) is 0 Å². The summed E-state index contributed by atoms with van der Waals surface area (Å²) in [6, 6.07) is 2.42. The molecule has 1 aromatic rings. The lowest BCUT2D eigenvalue weighted by atomic mass is 10.1.